The maximum atomic E-state index is 10.0. The zero-order valence-corrected chi connectivity index (χ0v) is 21.4. The van der Waals surface area contributed by atoms with E-state index in [-0.39, 0.29) is 24.6 Å². The molecule has 190 valence electrons. The van der Waals surface area contributed by atoms with Crippen LogP contribution in [-0.4, -0.2) is 68.6 Å². The molecule has 5 rings (SSSR count). The first-order valence-corrected chi connectivity index (χ1v) is 12.9. The van der Waals surface area contributed by atoms with E-state index in [0.717, 1.165) is 100 Å². The lowest BCUT2D eigenvalue weighted by molar-refractivity contribution is 0.109. The van der Waals surface area contributed by atoms with E-state index in [1.165, 1.54) is 5.56 Å². The molecule has 9 heteroatoms. The highest BCUT2D eigenvalue weighted by Crippen LogP contribution is 2.34. The van der Waals surface area contributed by atoms with Crippen LogP contribution < -0.4 is 10.6 Å². The van der Waals surface area contributed by atoms with Crippen LogP contribution in [0.3, 0.4) is 0 Å². The number of hydrogen-bond acceptors (Lipinski definition) is 7. The first kappa shape index (κ1) is 25.8. The highest BCUT2D eigenvalue weighted by Gasteiger charge is 2.25. The maximum absolute atomic E-state index is 10.0. The number of benzene rings is 1. The van der Waals surface area contributed by atoms with Crippen LogP contribution in [0, 0.1) is 0 Å². The molecule has 1 saturated carbocycles. The van der Waals surface area contributed by atoms with Gasteiger partial charge in [0, 0.05) is 51.0 Å². The first-order chi connectivity index (χ1) is 16.7. The van der Waals surface area contributed by atoms with Gasteiger partial charge in [0.15, 0.2) is 5.65 Å². The van der Waals surface area contributed by atoms with E-state index < -0.39 is 0 Å². The fourth-order valence-corrected chi connectivity index (χ4v) is 5.05. The molecule has 1 saturated heterocycles. The second-order valence-electron chi connectivity index (χ2n) is 9.69. The molecule has 35 heavy (non-hydrogen) atoms. The van der Waals surface area contributed by atoms with E-state index in [1.54, 1.807) is 0 Å². The molecule has 2 fully saturated rings. The topological polar surface area (TPSA) is 91.1 Å². The number of unbranched alkanes of at least 4 members (excludes halogenated alkanes) is 1. The largest absolute Gasteiger partial charge is 0.393 e. The van der Waals surface area contributed by atoms with Crippen molar-refractivity contribution in [2.45, 2.75) is 64.1 Å². The third-order valence-electron chi connectivity index (χ3n) is 7.12. The number of halogens is 1. The van der Waals surface area contributed by atoms with Gasteiger partial charge in [0.25, 0.3) is 0 Å². The van der Waals surface area contributed by atoms with E-state index in [9.17, 15) is 5.11 Å². The molecule has 2 aliphatic rings. The summed E-state index contributed by atoms with van der Waals surface area (Å²) in [4.78, 5) is 12.0. The van der Waals surface area contributed by atoms with Crippen LogP contribution in [-0.2, 0) is 6.54 Å². The fraction of sp³-hybridized carbons (Fsp3) is 0.577. The lowest BCUT2D eigenvalue weighted by Crippen LogP contribution is -2.42. The van der Waals surface area contributed by atoms with Crippen molar-refractivity contribution in [3.05, 3.63) is 36.0 Å². The number of rotatable bonds is 8. The third kappa shape index (κ3) is 6.12. The van der Waals surface area contributed by atoms with Crippen LogP contribution in [0.25, 0.3) is 22.3 Å². The summed E-state index contributed by atoms with van der Waals surface area (Å²) in [5.74, 6) is 0.663. The summed E-state index contributed by atoms with van der Waals surface area (Å²) in [6.07, 6.45) is 7.42. The molecule has 1 aliphatic heterocycles. The van der Waals surface area contributed by atoms with Gasteiger partial charge in [0.1, 0.15) is 5.69 Å². The maximum Gasteiger partial charge on any atom is 0.224 e. The lowest BCUT2D eigenvalue weighted by Gasteiger charge is -2.27. The minimum Gasteiger partial charge on any atom is -0.393 e. The average molecular weight is 500 g/mol. The Morgan fingerprint density at radius 2 is 1.83 bits per heavy atom. The van der Waals surface area contributed by atoms with Gasteiger partial charge in [-0.15, -0.1) is 12.4 Å². The number of aliphatic hydroxyl groups excluding tert-OH is 1. The summed E-state index contributed by atoms with van der Waals surface area (Å²) in [6.45, 7) is 8.35. The zero-order valence-electron chi connectivity index (χ0n) is 20.6. The Morgan fingerprint density at radius 3 is 2.54 bits per heavy atom. The highest BCUT2D eigenvalue weighted by atomic mass is 35.5. The van der Waals surface area contributed by atoms with E-state index in [4.69, 9.17) is 10.1 Å². The van der Waals surface area contributed by atoms with Crippen LogP contribution in [0.15, 0.2) is 30.5 Å². The van der Waals surface area contributed by atoms with Crippen molar-refractivity contribution in [1.29, 1.82) is 0 Å². The number of fused-ring (bicyclic) bond motifs is 1. The standard InChI is InChI=1S/C26H37N7O.ClH/c1-2-3-12-28-26-29-17-23-24(31-33(25(23)30-26)21-8-10-22(34)11-9-21)20-6-4-19(5-7-20)18-32-15-13-27-14-16-32;/h4-7,17,21-22,27,34H,2-3,8-16,18H2,1H3,(H,28,29,30);1H/t21-,22-;. The molecule has 1 aromatic carbocycles. The van der Waals surface area contributed by atoms with Crippen LogP contribution >= 0.6 is 12.4 Å². The molecule has 3 aromatic rings. The van der Waals surface area contributed by atoms with Crippen LogP contribution in [0.5, 0.6) is 0 Å². The van der Waals surface area contributed by atoms with Crippen LogP contribution in [0.1, 0.15) is 57.1 Å². The number of nitrogens with zero attached hydrogens (tertiary/aromatic N) is 5. The zero-order chi connectivity index (χ0) is 23.3. The minimum absolute atomic E-state index is 0. The smallest absolute Gasteiger partial charge is 0.224 e. The van der Waals surface area contributed by atoms with Gasteiger partial charge in [-0.2, -0.15) is 10.1 Å². The predicted octanol–water partition coefficient (Wildman–Crippen LogP) is 4.01. The normalized spacial score (nSPS) is 21.1. The quantitative estimate of drug-likeness (QED) is 0.403. The highest BCUT2D eigenvalue weighted by molar-refractivity contribution is 5.91. The van der Waals surface area contributed by atoms with Crippen molar-refractivity contribution in [1.82, 2.24) is 30.0 Å². The average Bonchev–Trinajstić information content (AvgIpc) is 3.25. The molecule has 0 bridgehead atoms. The Labute approximate surface area is 213 Å². The number of aliphatic hydroxyl groups is 1. The number of anilines is 1. The van der Waals surface area contributed by atoms with Crippen molar-refractivity contribution in [3.63, 3.8) is 0 Å². The van der Waals surface area contributed by atoms with Gasteiger partial charge in [0.2, 0.25) is 5.95 Å². The van der Waals surface area contributed by atoms with Crippen molar-refractivity contribution in [3.8, 4) is 11.3 Å². The number of aromatic nitrogens is 4. The Bertz CT molecular complexity index is 1070. The van der Waals surface area contributed by atoms with E-state index in [2.05, 4.69) is 56.4 Å². The number of hydrogen-bond donors (Lipinski definition) is 3. The fourth-order valence-electron chi connectivity index (χ4n) is 5.05. The number of piperazine rings is 1. The molecule has 0 radical (unpaired) electrons. The van der Waals surface area contributed by atoms with Crippen molar-refractivity contribution < 1.29 is 5.11 Å². The predicted molar refractivity (Wildman–Crippen MR) is 143 cm³/mol. The molecule has 0 spiro atoms. The summed E-state index contributed by atoms with van der Waals surface area (Å²) in [6, 6.07) is 9.06. The lowest BCUT2D eigenvalue weighted by atomic mass is 9.93. The summed E-state index contributed by atoms with van der Waals surface area (Å²) < 4.78 is 2.10. The van der Waals surface area contributed by atoms with Gasteiger partial charge in [-0.25, -0.2) is 9.67 Å². The van der Waals surface area contributed by atoms with E-state index in [0.29, 0.717) is 5.95 Å². The molecular weight excluding hydrogens is 462 g/mol. The van der Waals surface area contributed by atoms with Crippen LogP contribution in [0.2, 0.25) is 0 Å². The van der Waals surface area contributed by atoms with Gasteiger partial charge in [-0.05, 0) is 37.7 Å². The summed E-state index contributed by atoms with van der Waals surface area (Å²) in [5.41, 5.74) is 4.25. The molecular formula is C26H38ClN7O. The summed E-state index contributed by atoms with van der Waals surface area (Å²) >= 11 is 0. The molecule has 0 atom stereocenters. The Balaban J connectivity index is 0.00000289. The van der Waals surface area contributed by atoms with Gasteiger partial charge in [-0.1, -0.05) is 37.6 Å². The third-order valence-corrected chi connectivity index (χ3v) is 7.12. The van der Waals surface area contributed by atoms with Crippen molar-refractivity contribution in [2.24, 2.45) is 0 Å². The Morgan fingerprint density at radius 1 is 1.09 bits per heavy atom. The SMILES string of the molecule is CCCCNc1ncc2c(-c3ccc(CN4CCNCC4)cc3)nn([C@H]3CC[C@H](O)CC3)c2n1.Cl. The van der Waals surface area contributed by atoms with Gasteiger partial charge in [0.05, 0.1) is 17.5 Å². The summed E-state index contributed by atoms with van der Waals surface area (Å²) in [5, 5.41) is 22.8. The second-order valence-corrected chi connectivity index (χ2v) is 9.69. The number of nitrogens with one attached hydrogen (secondary N) is 2. The van der Waals surface area contributed by atoms with Crippen molar-refractivity contribution >= 4 is 29.4 Å². The Hall–Kier alpha value is -2.26. The molecule has 0 amide bonds. The molecule has 3 heterocycles. The van der Waals surface area contributed by atoms with Gasteiger partial charge >= 0.3 is 0 Å². The minimum atomic E-state index is -0.193. The molecule has 8 nitrogen and oxygen atoms in total. The Kier molecular flexibility index (Phi) is 8.94. The molecule has 1 aliphatic carbocycles. The van der Waals surface area contributed by atoms with Crippen LogP contribution in [0.4, 0.5) is 5.95 Å². The van der Waals surface area contributed by atoms with E-state index in [1.807, 2.05) is 6.20 Å². The van der Waals surface area contributed by atoms with E-state index >= 15 is 0 Å². The second kappa shape index (κ2) is 12.1. The monoisotopic (exact) mass is 499 g/mol. The molecule has 2 aromatic heterocycles. The first-order valence-electron chi connectivity index (χ1n) is 12.9. The van der Waals surface area contributed by atoms with Gasteiger partial charge < -0.3 is 15.7 Å². The van der Waals surface area contributed by atoms with Crippen molar-refractivity contribution in [2.75, 3.05) is 38.0 Å². The summed E-state index contributed by atoms with van der Waals surface area (Å²) in [7, 11) is 0. The molecule has 0 unspecified atom stereocenters. The molecule has 3 N–H and O–H groups in total. The van der Waals surface area contributed by atoms with Gasteiger partial charge in [-0.3, -0.25) is 4.90 Å².